The Labute approximate surface area is 183 Å². The summed E-state index contributed by atoms with van der Waals surface area (Å²) in [5.41, 5.74) is 2.48. The molecule has 0 unspecified atom stereocenters. The lowest BCUT2D eigenvalue weighted by molar-refractivity contribution is -0.159. The van der Waals surface area contributed by atoms with E-state index in [9.17, 15) is 18.4 Å². The number of benzene rings is 2. The topological polar surface area (TPSA) is 80.5 Å². The molecule has 2 heterocycles. The Morgan fingerprint density at radius 3 is 2.23 bits per heavy atom. The molecular weight excluding hydrogens is 454 g/mol. The molecule has 0 spiro atoms. The molecule has 0 saturated carbocycles. The SMILES string of the molecule is N#Cc1nn(Cc2ccc(-c3noc(C(F)(F)F)n3)cc2)c(-c2ccc(Cl)cc2)c1Cl. The second-order valence-electron chi connectivity index (χ2n) is 6.41. The van der Waals surface area contributed by atoms with E-state index in [1.54, 1.807) is 53.2 Å². The highest BCUT2D eigenvalue weighted by Crippen LogP contribution is 2.32. The standard InChI is InChI=1S/C20H10Cl2F3N5O/c21-14-7-5-12(6-8-14)17-16(22)15(9-26)28-30(17)10-11-1-3-13(4-2-11)18-27-19(31-29-18)20(23,24)25/h1-8H,10H2. The summed E-state index contributed by atoms with van der Waals surface area (Å²) < 4.78 is 43.8. The van der Waals surface area contributed by atoms with Gasteiger partial charge in [-0.25, -0.2) is 0 Å². The Morgan fingerprint density at radius 1 is 1.00 bits per heavy atom. The molecule has 0 saturated heterocycles. The summed E-state index contributed by atoms with van der Waals surface area (Å²) in [6, 6.07) is 15.4. The van der Waals surface area contributed by atoms with E-state index in [1.807, 2.05) is 6.07 Å². The van der Waals surface area contributed by atoms with Gasteiger partial charge in [-0.2, -0.15) is 28.5 Å². The molecule has 4 aromatic rings. The molecule has 4 rings (SSSR count). The first-order valence-corrected chi connectivity index (χ1v) is 9.44. The van der Waals surface area contributed by atoms with Crippen LogP contribution in [0.3, 0.4) is 0 Å². The first-order valence-electron chi connectivity index (χ1n) is 8.69. The maximum Gasteiger partial charge on any atom is 0.471 e. The van der Waals surface area contributed by atoms with E-state index in [1.165, 1.54) is 0 Å². The number of halogens is 5. The number of rotatable bonds is 4. The van der Waals surface area contributed by atoms with E-state index in [-0.39, 0.29) is 23.1 Å². The number of hydrogen-bond acceptors (Lipinski definition) is 5. The van der Waals surface area contributed by atoms with Gasteiger partial charge in [0.1, 0.15) is 11.1 Å². The minimum Gasteiger partial charge on any atom is -0.329 e. The Kier molecular flexibility index (Phi) is 5.43. The maximum atomic E-state index is 12.6. The fourth-order valence-electron chi connectivity index (χ4n) is 2.90. The van der Waals surface area contributed by atoms with Gasteiger partial charge in [0, 0.05) is 16.1 Å². The van der Waals surface area contributed by atoms with Crippen molar-refractivity contribution < 1.29 is 17.7 Å². The second-order valence-corrected chi connectivity index (χ2v) is 7.22. The van der Waals surface area contributed by atoms with E-state index < -0.39 is 12.1 Å². The Balaban J connectivity index is 1.63. The lowest BCUT2D eigenvalue weighted by Crippen LogP contribution is -2.05. The van der Waals surface area contributed by atoms with Gasteiger partial charge in [0.15, 0.2) is 5.69 Å². The van der Waals surface area contributed by atoms with Crippen molar-refractivity contribution in [3.63, 3.8) is 0 Å². The Morgan fingerprint density at radius 2 is 1.65 bits per heavy atom. The number of hydrogen-bond donors (Lipinski definition) is 0. The summed E-state index contributed by atoms with van der Waals surface area (Å²) in [7, 11) is 0. The highest BCUT2D eigenvalue weighted by molar-refractivity contribution is 6.34. The van der Waals surface area contributed by atoms with Gasteiger partial charge >= 0.3 is 12.1 Å². The highest BCUT2D eigenvalue weighted by atomic mass is 35.5. The van der Waals surface area contributed by atoms with Gasteiger partial charge < -0.3 is 4.52 Å². The van der Waals surface area contributed by atoms with Crippen molar-refractivity contribution in [1.29, 1.82) is 5.26 Å². The number of alkyl halides is 3. The van der Waals surface area contributed by atoms with Gasteiger partial charge in [-0.05, 0) is 17.7 Å². The van der Waals surface area contributed by atoms with Crippen LogP contribution in [0.25, 0.3) is 22.6 Å². The van der Waals surface area contributed by atoms with Gasteiger partial charge in [0.2, 0.25) is 5.82 Å². The molecule has 0 amide bonds. The number of nitrogens with zero attached hydrogens (tertiary/aromatic N) is 5. The predicted molar refractivity (Wildman–Crippen MR) is 106 cm³/mol. The van der Waals surface area contributed by atoms with Crippen molar-refractivity contribution in [2.75, 3.05) is 0 Å². The van der Waals surface area contributed by atoms with Crippen LogP contribution < -0.4 is 0 Å². The van der Waals surface area contributed by atoms with Crippen LogP contribution in [-0.4, -0.2) is 19.9 Å². The lowest BCUT2D eigenvalue weighted by atomic mass is 10.1. The fraction of sp³-hybridized carbons (Fsp3) is 0.100. The fourth-order valence-corrected chi connectivity index (χ4v) is 3.31. The molecule has 0 aliphatic rings. The summed E-state index contributed by atoms with van der Waals surface area (Å²) >= 11 is 12.3. The van der Waals surface area contributed by atoms with Crippen molar-refractivity contribution in [1.82, 2.24) is 19.9 Å². The first kappa shape index (κ1) is 20.9. The van der Waals surface area contributed by atoms with Crippen molar-refractivity contribution in [3.05, 3.63) is 75.7 Å². The van der Waals surface area contributed by atoms with Crippen molar-refractivity contribution in [2.45, 2.75) is 12.7 Å². The van der Waals surface area contributed by atoms with Crippen molar-refractivity contribution >= 4 is 23.2 Å². The number of nitriles is 1. The van der Waals surface area contributed by atoms with Crippen molar-refractivity contribution in [3.8, 4) is 28.7 Å². The Hall–Kier alpha value is -3.35. The minimum absolute atomic E-state index is 0.0784. The summed E-state index contributed by atoms with van der Waals surface area (Å²) in [5.74, 6) is -1.58. The van der Waals surface area contributed by atoms with E-state index >= 15 is 0 Å². The van der Waals surface area contributed by atoms with E-state index in [0.717, 1.165) is 11.1 Å². The molecule has 0 radical (unpaired) electrons. The molecule has 2 aromatic carbocycles. The van der Waals surface area contributed by atoms with E-state index in [4.69, 9.17) is 23.2 Å². The zero-order chi connectivity index (χ0) is 22.2. The van der Waals surface area contributed by atoms with Gasteiger partial charge in [-0.1, -0.05) is 64.8 Å². The molecule has 0 N–H and O–H groups in total. The Bertz CT molecular complexity index is 1270. The molecular formula is C20H10Cl2F3N5O. The number of aromatic nitrogens is 4. The maximum absolute atomic E-state index is 12.6. The van der Waals surface area contributed by atoms with Crippen LogP contribution in [0.2, 0.25) is 10.0 Å². The molecule has 6 nitrogen and oxygen atoms in total. The predicted octanol–water partition coefficient (Wildman–Crippen LogP) is 5.85. The summed E-state index contributed by atoms with van der Waals surface area (Å²) in [6.07, 6.45) is -4.71. The summed E-state index contributed by atoms with van der Waals surface area (Å²) in [5, 5.41) is 17.7. The summed E-state index contributed by atoms with van der Waals surface area (Å²) in [6.45, 7) is 0.264. The van der Waals surface area contributed by atoms with Crippen LogP contribution in [0.5, 0.6) is 0 Å². The van der Waals surface area contributed by atoms with Crippen molar-refractivity contribution in [2.24, 2.45) is 0 Å². The zero-order valence-corrected chi connectivity index (χ0v) is 16.9. The van der Waals surface area contributed by atoms with Gasteiger partial charge in [-0.3, -0.25) is 4.68 Å². The second kappa shape index (κ2) is 8.06. The third-order valence-corrected chi connectivity index (χ3v) is 4.94. The smallest absolute Gasteiger partial charge is 0.329 e. The van der Waals surface area contributed by atoms with E-state index in [0.29, 0.717) is 16.3 Å². The normalized spacial score (nSPS) is 11.5. The van der Waals surface area contributed by atoms with Crippen LogP contribution in [0, 0.1) is 11.3 Å². The molecule has 11 heteroatoms. The molecule has 0 aliphatic carbocycles. The quantitative estimate of drug-likeness (QED) is 0.379. The molecule has 0 fully saturated rings. The van der Waals surface area contributed by atoms with Crippen LogP contribution in [0.4, 0.5) is 13.2 Å². The zero-order valence-electron chi connectivity index (χ0n) is 15.4. The highest BCUT2D eigenvalue weighted by Gasteiger charge is 2.38. The average Bonchev–Trinajstić information content (AvgIpc) is 3.35. The minimum atomic E-state index is -4.71. The molecule has 0 atom stereocenters. The van der Waals surface area contributed by atoms with Crippen LogP contribution in [-0.2, 0) is 12.7 Å². The van der Waals surface area contributed by atoms with E-state index in [2.05, 4.69) is 19.8 Å². The third-order valence-electron chi connectivity index (χ3n) is 4.33. The van der Waals surface area contributed by atoms with Crippen LogP contribution in [0.15, 0.2) is 53.1 Å². The molecule has 31 heavy (non-hydrogen) atoms. The average molecular weight is 464 g/mol. The molecule has 0 bridgehead atoms. The van der Waals surface area contributed by atoms with Gasteiger partial charge in [0.25, 0.3) is 0 Å². The first-order chi connectivity index (χ1) is 14.8. The molecule has 156 valence electrons. The largest absolute Gasteiger partial charge is 0.471 e. The molecule has 0 aliphatic heterocycles. The van der Waals surface area contributed by atoms with Gasteiger partial charge in [-0.15, -0.1) is 0 Å². The molecule has 2 aromatic heterocycles. The lowest BCUT2D eigenvalue weighted by Gasteiger charge is -2.09. The van der Waals surface area contributed by atoms with Crippen LogP contribution >= 0.6 is 23.2 Å². The summed E-state index contributed by atoms with van der Waals surface area (Å²) in [4.78, 5) is 3.37. The van der Waals surface area contributed by atoms with Crippen LogP contribution in [0.1, 0.15) is 17.1 Å². The van der Waals surface area contributed by atoms with Gasteiger partial charge in [0.05, 0.1) is 12.2 Å². The third kappa shape index (κ3) is 4.26. The monoisotopic (exact) mass is 463 g/mol.